The lowest BCUT2D eigenvalue weighted by Crippen LogP contribution is -2.14. The highest BCUT2D eigenvalue weighted by atomic mass is 16.5. The molecule has 98 valence electrons. The second kappa shape index (κ2) is 6.12. The van der Waals surface area contributed by atoms with Crippen LogP contribution in [0.25, 0.3) is 0 Å². The molecule has 0 aliphatic carbocycles. The largest absolute Gasteiger partial charge is 0.373 e. The van der Waals surface area contributed by atoms with Crippen LogP contribution in [-0.4, -0.2) is 17.3 Å². The topological polar surface area (TPSA) is 74.2 Å². The van der Waals surface area contributed by atoms with Gasteiger partial charge in [0.15, 0.2) is 0 Å². The molecule has 0 saturated carbocycles. The van der Waals surface area contributed by atoms with Gasteiger partial charge in [0.25, 0.3) is 0 Å². The minimum Gasteiger partial charge on any atom is -0.373 e. The van der Waals surface area contributed by atoms with Crippen molar-refractivity contribution in [3.05, 3.63) is 11.7 Å². The van der Waals surface area contributed by atoms with Gasteiger partial charge in [-0.15, -0.1) is 0 Å². The normalized spacial score (nSPS) is 15.5. The van der Waals surface area contributed by atoms with Gasteiger partial charge in [-0.1, -0.05) is 32.9 Å². The predicted octanol–water partition coefficient (Wildman–Crippen LogP) is 2.46. The minimum absolute atomic E-state index is 0.140. The number of aromatic nitrogens is 2. The van der Waals surface area contributed by atoms with Crippen molar-refractivity contribution in [1.29, 1.82) is 0 Å². The van der Waals surface area contributed by atoms with E-state index >= 15 is 0 Å². The molecule has 5 heteroatoms. The summed E-state index contributed by atoms with van der Waals surface area (Å²) in [6.07, 6.45) is 0.694. The van der Waals surface area contributed by atoms with E-state index in [1.54, 1.807) is 7.11 Å². The van der Waals surface area contributed by atoms with E-state index in [0.717, 1.165) is 6.42 Å². The molecule has 0 aliphatic rings. The van der Waals surface area contributed by atoms with Crippen molar-refractivity contribution >= 4 is 0 Å². The molecular weight excluding hydrogens is 218 g/mol. The SMILES string of the molecule is COC(c1noc([C@H](N)CC(C)C)n1)C(C)C. The van der Waals surface area contributed by atoms with Crippen LogP contribution in [0.2, 0.25) is 0 Å². The van der Waals surface area contributed by atoms with Gasteiger partial charge in [0, 0.05) is 7.11 Å². The lowest BCUT2D eigenvalue weighted by molar-refractivity contribution is 0.0555. The van der Waals surface area contributed by atoms with E-state index in [4.69, 9.17) is 15.0 Å². The number of ether oxygens (including phenoxy) is 1. The number of nitrogens with two attached hydrogens (primary N) is 1. The summed E-state index contributed by atoms with van der Waals surface area (Å²) >= 11 is 0. The molecule has 5 nitrogen and oxygen atoms in total. The summed E-state index contributed by atoms with van der Waals surface area (Å²) in [5, 5.41) is 3.95. The first-order valence-electron chi connectivity index (χ1n) is 6.07. The quantitative estimate of drug-likeness (QED) is 0.828. The number of hydrogen-bond donors (Lipinski definition) is 1. The third-order valence-corrected chi connectivity index (χ3v) is 2.61. The van der Waals surface area contributed by atoms with Gasteiger partial charge in [-0.2, -0.15) is 4.98 Å². The summed E-state index contributed by atoms with van der Waals surface area (Å²) in [6, 6.07) is -0.194. The molecule has 1 rings (SSSR count). The minimum atomic E-state index is -0.194. The van der Waals surface area contributed by atoms with E-state index in [0.29, 0.717) is 23.6 Å². The second-order valence-corrected chi connectivity index (χ2v) is 5.13. The van der Waals surface area contributed by atoms with Crippen LogP contribution < -0.4 is 5.73 Å². The van der Waals surface area contributed by atoms with Crippen LogP contribution in [0.15, 0.2) is 4.52 Å². The van der Waals surface area contributed by atoms with Gasteiger partial charge in [0.1, 0.15) is 6.10 Å². The Morgan fingerprint density at radius 1 is 1.29 bits per heavy atom. The summed E-state index contributed by atoms with van der Waals surface area (Å²) < 4.78 is 10.5. The van der Waals surface area contributed by atoms with Crippen LogP contribution >= 0.6 is 0 Å². The zero-order chi connectivity index (χ0) is 13.0. The molecule has 0 spiro atoms. The van der Waals surface area contributed by atoms with E-state index in [-0.39, 0.29) is 12.1 Å². The molecule has 0 saturated heterocycles. The fourth-order valence-electron chi connectivity index (χ4n) is 1.80. The smallest absolute Gasteiger partial charge is 0.243 e. The van der Waals surface area contributed by atoms with Crippen molar-refractivity contribution in [1.82, 2.24) is 10.1 Å². The molecule has 1 aromatic heterocycles. The molecule has 1 aromatic rings. The van der Waals surface area contributed by atoms with Crippen molar-refractivity contribution in [3.63, 3.8) is 0 Å². The van der Waals surface area contributed by atoms with E-state index in [9.17, 15) is 0 Å². The first-order chi connectivity index (χ1) is 7.95. The van der Waals surface area contributed by atoms with E-state index in [2.05, 4.69) is 37.8 Å². The maximum Gasteiger partial charge on any atom is 0.243 e. The Kier molecular flexibility index (Phi) is 5.08. The fraction of sp³-hybridized carbons (Fsp3) is 0.833. The lowest BCUT2D eigenvalue weighted by Gasteiger charge is -2.14. The standard InChI is InChI=1S/C12H23N3O2/c1-7(2)6-9(13)12-14-11(15-17-12)10(16-5)8(3)4/h7-10H,6,13H2,1-5H3/t9-,10?/m1/s1. The number of hydrogen-bond acceptors (Lipinski definition) is 5. The summed E-state index contributed by atoms with van der Waals surface area (Å²) in [7, 11) is 1.65. The molecular formula is C12H23N3O2. The molecule has 2 N–H and O–H groups in total. The van der Waals surface area contributed by atoms with Crippen molar-refractivity contribution in [2.45, 2.75) is 46.3 Å². The van der Waals surface area contributed by atoms with Crippen LogP contribution in [-0.2, 0) is 4.74 Å². The summed E-state index contributed by atoms with van der Waals surface area (Å²) in [4.78, 5) is 4.33. The van der Waals surface area contributed by atoms with Gasteiger partial charge in [0.2, 0.25) is 11.7 Å². The molecule has 0 aliphatic heterocycles. The van der Waals surface area contributed by atoms with Crippen molar-refractivity contribution in [3.8, 4) is 0 Å². The highest BCUT2D eigenvalue weighted by molar-refractivity contribution is 4.96. The summed E-state index contributed by atoms with van der Waals surface area (Å²) in [5.74, 6) is 1.88. The Hall–Kier alpha value is -0.940. The van der Waals surface area contributed by atoms with E-state index < -0.39 is 0 Å². The molecule has 0 fully saturated rings. The molecule has 2 atom stereocenters. The molecule has 0 aromatic carbocycles. The Bertz CT molecular complexity index is 336. The predicted molar refractivity (Wildman–Crippen MR) is 65.3 cm³/mol. The van der Waals surface area contributed by atoms with Crippen LogP contribution in [0.3, 0.4) is 0 Å². The van der Waals surface area contributed by atoms with Gasteiger partial charge in [-0.05, 0) is 18.3 Å². The van der Waals surface area contributed by atoms with Crippen LogP contribution in [0.4, 0.5) is 0 Å². The molecule has 0 bridgehead atoms. The molecule has 1 heterocycles. The first-order valence-corrected chi connectivity index (χ1v) is 6.07. The average Bonchev–Trinajstić information content (AvgIpc) is 2.66. The van der Waals surface area contributed by atoms with Gasteiger partial charge < -0.3 is 15.0 Å². The maximum absolute atomic E-state index is 5.99. The molecule has 0 radical (unpaired) electrons. The van der Waals surface area contributed by atoms with Gasteiger partial charge in [0.05, 0.1) is 6.04 Å². The Morgan fingerprint density at radius 3 is 2.41 bits per heavy atom. The zero-order valence-electron chi connectivity index (χ0n) is 11.3. The highest BCUT2D eigenvalue weighted by Crippen LogP contribution is 2.24. The van der Waals surface area contributed by atoms with Gasteiger partial charge in [-0.3, -0.25) is 0 Å². The lowest BCUT2D eigenvalue weighted by atomic mass is 10.0. The van der Waals surface area contributed by atoms with Crippen molar-refractivity contribution < 1.29 is 9.26 Å². The van der Waals surface area contributed by atoms with Crippen molar-refractivity contribution in [2.24, 2.45) is 17.6 Å². The van der Waals surface area contributed by atoms with Crippen LogP contribution in [0, 0.1) is 11.8 Å². The van der Waals surface area contributed by atoms with Crippen LogP contribution in [0.5, 0.6) is 0 Å². The molecule has 1 unspecified atom stereocenters. The average molecular weight is 241 g/mol. The Morgan fingerprint density at radius 2 is 1.94 bits per heavy atom. The highest BCUT2D eigenvalue weighted by Gasteiger charge is 2.23. The summed E-state index contributed by atoms with van der Waals surface area (Å²) in [6.45, 7) is 8.34. The fourth-order valence-corrected chi connectivity index (χ4v) is 1.80. The zero-order valence-corrected chi connectivity index (χ0v) is 11.3. The van der Waals surface area contributed by atoms with E-state index in [1.807, 2.05) is 0 Å². The third kappa shape index (κ3) is 3.78. The maximum atomic E-state index is 5.99. The summed E-state index contributed by atoms with van der Waals surface area (Å²) in [5.41, 5.74) is 5.99. The Balaban J connectivity index is 2.76. The number of methoxy groups -OCH3 is 1. The van der Waals surface area contributed by atoms with Crippen molar-refractivity contribution in [2.75, 3.05) is 7.11 Å². The third-order valence-electron chi connectivity index (χ3n) is 2.61. The monoisotopic (exact) mass is 241 g/mol. The van der Waals surface area contributed by atoms with Gasteiger partial charge >= 0.3 is 0 Å². The second-order valence-electron chi connectivity index (χ2n) is 5.13. The van der Waals surface area contributed by atoms with Gasteiger partial charge in [-0.25, -0.2) is 0 Å². The van der Waals surface area contributed by atoms with E-state index in [1.165, 1.54) is 0 Å². The molecule has 17 heavy (non-hydrogen) atoms. The number of nitrogens with zero attached hydrogens (tertiary/aromatic N) is 2. The first kappa shape index (κ1) is 14.1. The molecule has 0 amide bonds. The number of rotatable bonds is 6. The van der Waals surface area contributed by atoms with Crippen LogP contribution in [0.1, 0.15) is 58.0 Å². The Labute approximate surface area is 103 Å².